The number of nitrogens with one attached hydrogen (secondary N) is 2. The van der Waals surface area contributed by atoms with E-state index in [0.717, 1.165) is 11.3 Å². The molecule has 3 aromatic rings. The minimum absolute atomic E-state index is 0.143. The van der Waals surface area contributed by atoms with Crippen molar-refractivity contribution in [3.8, 4) is 0 Å². The van der Waals surface area contributed by atoms with Gasteiger partial charge in [0.05, 0.1) is 5.56 Å². The van der Waals surface area contributed by atoms with Crippen molar-refractivity contribution in [2.45, 2.75) is 38.0 Å². The first kappa shape index (κ1) is 26.9. The van der Waals surface area contributed by atoms with E-state index in [1.54, 1.807) is 12.1 Å². The van der Waals surface area contributed by atoms with Crippen molar-refractivity contribution in [2.75, 3.05) is 23.7 Å². The van der Waals surface area contributed by atoms with Gasteiger partial charge in [-0.25, -0.2) is 13.2 Å². The second kappa shape index (κ2) is 12.4. The van der Waals surface area contributed by atoms with Crippen molar-refractivity contribution >= 4 is 29.1 Å². The third kappa shape index (κ3) is 7.00. The van der Waals surface area contributed by atoms with Gasteiger partial charge in [0.2, 0.25) is 11.8 Å². The molecule has 2 N–H and O–H groups in total. The van der Waals surface area contributed by atoms with Crippen molar-refractivity contribution in [3.05, 3.63) is 95.3 Å². The molecule has 0 spiro atoms. The molecule has 0 bridgehead atoms. The second-order valence-corrected chi connectivity index (χ2v) is 9.25. The number of amides is 3. The first-order chi connectivity index (χ1) is 18.3. The Hall–Kier alpha value is -4.14. The summed E-state index contributed by atoms with van der Waals surface area (Å²) >= 11 is 0. The third-order valence-corrected chi connectivity index (χ3v) is 6.55. The van der Waals surface area contributed by atoms with E-state index in [1.165, 1.54) is 4.90 Å². The average molecular weight is 524 g/mol. The molecule has 0 saturated carbocycles. The smallest absolute Gasteiger partial charge is 0.256 e. The summed E-state index contributed by atoms with van der Waals surface area (Å²) in [6.07, 6.45) is 2.15. The number of anilines is 2. The van der Waals surface area contributed by atoms with Crippen molar-refractivity contribution in [2.24, 2.45) is 0 Å². The van der Waals surface area contributed by atoms with Gasteiger partial charge in [0.1, 0.15) is 5.82 Å². The highest BCUT2D eigenvalue weighted by Gasteiger charge is 2.27. The number of hydrogen-bond acceptors (Lipinski definition) is 3. The maximum absolute atomic E-state index is 14.0. The number of benzene rings is 3. The SMILES string of the molecule is O=C(CCCC(=O)Nc1ccc(C2CCN(C(=O)c3cc(F)c(F)cc3F)CC2)cc1)Nc1ccccc1. The molecule has 198 valence electrons. The molecule has 0 unspecified atom stereocenters. The monoisotopic (exact) mass is 523 g/mol. The first-order valence-electron chi connectivity index (χ1n) is 12.5. The van der Waals surface area contributed by atoms with Crippen molar-refractivity contribution < 1.29 is 27.6 Å². The van der Waals surface area contributed by atoms with Gasteiger partial charge in [0, 0.05) is 43.4 Å². The fourth-order valence-electron chi connectivity index (χ4n) is 4.49. The molecule has 1 aliphatic rings. The van der Waals surface area contributed by atoms with E-state index in [9.17, 15) is 27.6 Å². The summed E-state index contributed by atoms with van der Waals surface area (Å²) in [5.41, 5.74) is 1.94. The van der Waals surface area contributed by atoms with Crippen LogP contribution in [0, 0.1) is 17.5 Å². The fraction of sp³-hybridized carbons (Fsp3) is 0.276. The highest BCUT2D eigenvalue weighted by atomic mass is 19.2. The summed E-state index contributed by atoms with van der Waals surface area (Å²) in [7, 11) is 0. The topological polar surface area (TPSA) is 78.5 Å². The van der Waals surface area contributed by atoms with Crippen LogP contribution in [0.1, 0.15) is 53.9 Å². The number of hydrogen-bond donors (Lipinski definition) is 2. The maximum Gasteiger partial charge on any atom is 0.256 e. The van der Waals surface area contributed by atoms with E-state index in [0.29, 0.717) is 50.2 Å². The Kier molecular flexibility index (Phi) is 8.78. The van der Waals surface area contributed by atoms with Crippen LogP contribution in [0.3, 0.4) is 0 Å². The lowest BCUT2D eigenvalue weighted by Crippen LogP contribution is -2.38. The molecule has 0 radical (unpaired) electrons. The van der Waals surface area contributed by atoms with Crippen LogP contribution >= 0.6 is 0 Å². The molecular weight excluding hydrogens is 495 g/mol. The van der Waals surface area contributed by atoms with E-state index in [1.807, 2.05) is 42.5 Å². The fourth-order valence-corrected chi connectivity index (χ4v) is 4.49. The summed E-state index contributed by atoms with van der Waals surface area (Å²) < 4.78 is 40.7. The zero-order valence-corrected chi connectivity index (χ0v) is 20.7. The number of piperidine rings is 1. The zero-order valence-electron chi connectivity index (χ0n) is 20.7. The highest BCUT2D eigenvalue weighted by molar-refractivity contribution is 5.95. The van der Waals surface area contributed by atoms with E-state index in [4.69, 9.17) is 0 Å². The standard InChI is InChI=1S/C29H28F3N3O3/c30-24-18-26(32)25(31)17-23(24)29(38)35-15-13-20(14-16-35)19-9-11-22(12-10-19)34-28(37)8-4-7-27(36)33-21-5-2-1-3-6-21/h1-3,5-6,9-12,17-18,20H,4,7-8,13-16H2,(H,33,36)(H,34,37). The molecule has 0 aromatic heterocycles. The maximum atomic E-state index is 14.0. The van der Waals surface area contributed by atoms with Gasteiger partial charge >= 0.3 is 0 Å². The number of rotatable bonds is 8. The summed E-state index contributed by atoms with van der Waals surface area (Å²) in [4.78, 5) is 38.3. The van der Waals surface area contributed by atoms with Crippen LogP contribution in [0.25, 0.3) is 0 Å². The van der Waals surface area contributed by atoms with Crippen molar-refractivity contribution in [3.63, 3.8) is 0 Å². The zero-order chi connectivity index (χ0) is 27.1. The summed E-state index contributed by atoms with van der Waals surface area (Å²) in [6, 6.07) is 17.6. The van der Waals surface area contributed by atoms with Crippen molar-refractivity contribution in [1.29, 1.82) is 0 Å². The van der Waals surface area contributed by atoms with Crippen LogP contribution in [0.4, 0.5) is 24.5 Å². The number of para-hydroxylation sites is 1. The number of likely N-dealkylation sites (tertiary alicyclic amines) is 1. The second-order valence-electron chi connectivity index (χ2n) is 9.25. The van der Waals surface area contributed by atoms with Crippen LogP contribution in [-0.2, 0) is 9.59 Å². The lowest BCUT2D eigenvalue weighted by molar-refractivity contribution is -0.117. The Morgan fingerprint density at radius 1 is 0.737 bits per heavy atom. The predicted molar refractivity (Wildman–Crippen MR) is 138 cm³/mol. The Bertz CT molecular complexity index is 1290. The highest BCUT2D eigenvalue weighted by Crippen LogP contribution is 2.30. The molecule has 9 heteroatoms. The largest absolute Gasteiger partial charge is 0.339 e. The molecule has 3 aromatic carbocycles. The summed E-state index contributed by atoms with van der Waals surface area (Å²) in [5.74, 6) is -4.48. The number of halogens is 3. The number of carbonyl (C=O) groups excluding carboxylic acids is 3. The molecular formula is C29H28F3N3O3. The molecule has 3 amide bonds. The predicted octanol–water partition coefficient (Wildman–Crippen LogP) is 5.87. The van der Waals surface area contributed by atoms with Crippen LogP contribution < -0.4 is 10.6 Å². The lowest BCUT2D eigenvalue weighted by Gasteiger charge is -2.32. The molecule has 0 aliphatic carbocycles. The molecule has 1 fully saturated rings. The molecule has 4 rings (SSSR count). The van der Waals surface area contributed by atoms with E-state index in [-0.39, 0.29) is 30.6 Å². The van der Waals surface area contributed by atoms with Crippen LogP contribution in [0.2, 0.25) is 0 Å². The Morgan fingerprint density at radius 2 is 1.29 bits per heavy atom. The number of nitrogens with zero attached hydrogens (tertiary/aromatic N) is 1. The number of carbonyl (C=O) groups is 3. The van der Waals surface area contributed by atoms with Crippen molar-refractivity contribution in [1.82, 2.24) is 4.90 Å². The van der Waals surface area contributed by atoms with Crippen LogP contribution in [-0.4, -0.2) is 35.7 Å². The Balaban J connectivity index is 1.21. The van der Waals surface area contributed by atoms with Gasteiger partial charge in [-0.05, 0) is 61.1 Å². The van der Waals surface area contributed by atoms with E-state index in [2.05, 4.69) is 10.6 Å². The van der Waals surface area contributed by atoms with Crippen LogP contribution in [0.5, 0.6) is 0 Å². The summed E-state index contributed by atoms with van der Waals surface area (Å²) in [5, 5.41) is 5.62. The quantitative estimate of drug-likeness (QED) is 0.363. The molecule has 0 atom stereocenters. The Morgan fingerprint density at radius 3 is 1.89 bits per heavy atom. The van der Waals surface area contributed by atoms with Gasteiger partial charge in [-0.1, -0.05) is 30.3 Å². The van der Waals surface area contributed by atoms with Gasteiger partial charge in [-0.2, -0.15) is 0 Å². The molecule has 1 saturated heterocycles. The minimum Gasteiger partial charge on any atom is -0.339 e. The van der Waals surface area contributed by atoms with Gasteiger partial charge in [0.25, 0.3) is 5.91 Å². The first-order valence-corrected chi connectivity index (χ1v) is 12.5. The lowest BCUT2D eigenvalue weighted by atomic mass is 9.89. The van der Waals surface area contributed by atoms with E-state index < -0.39 is 28.9 Å². The molecule has 1 aliphatic heterocycles. The third-order valence-electron chi connectivity index (χ3n) is 6.55. The average Bonchev–Trinajstić information content (AvgIpc) is 2.91. The molecule has 38 heavy (non-hydrogen) atoms. The van der Waals surface area contributed by atoms with Crippen LogP contribution in [0.15, 0.2) is 66.7 Å². The van der Waals surface area contributed by atoms with E-state index >= 15 is 0 Å². The van der Waals surface area contributed by atoms with Gasteiger partial charge in [0.15, 0.2) is 11.6 Å². The normalized spacial score (nSPS) is 13.7. The van der Waals surface area contributed by atoms with Gasteiger partial charge < -0.3 is 15.5 Å². The molecule has 1 heterocycles. The summed E-state index contributed by atoms with van der Waals surface area (Å²) in [6.45, 7) is 0.719. The minimum atomic E-state index is -1.33. The molecule has 6 nitrogen and oxygen atoms in total. The van der Waals surface area contributed by atoms with Gasteiger partial charge in [-0.15, -0.1) is 0 Å². The Labute approximate surface area is 218 Å². The van der Waals surface area contributed by atoms with Gasteiger partial charge in [-0.3, -0.25) is 14.4 Å².